The van der Waals surface area contributed by atoms with Gasteiger partial charge < -0.3 is 9.88 Å². The van der Waals surface area contributed by atoms with Crippen LogP contribution in [0.15, 0.2) is 77.6 Å². The van der Waals surface area contributed by atoms with E-state index in [2.05, 4.69) is 14.8 Å². The Morgan fingerprint density at radius 2 is 1.27 bits per heavy atom. The first-order chi connectivity index (χ1) is 18.1. The van der Waals surface area contributed by atoms with Crippen LogP contribution in [0.3, 0.4) is 0 Å². The first-order valence-corrected chi connectivity index (χ1v) is 13.2. The zero-order valence-electron chi connectivity index (χ0n) is 21.1. The fourth-order valence-electron chi connectivity index (χ4n) is 5.44. The van der Waals surface area contributed by atoms with Gasteiger partial charge in [0.15, 0.2) is 0 Å². The molecule has 3 aromatic carbocycles. The topological polar surface area (TPSA) is 44.3 Å². The predicted molar refractivity (Wildman–Crippen MR) is 144 cm³/mol. The molecule has 194 valence electrons. The largest absolute Gasteiger partial charge is 0.326 e. The van der Waals surface area contributed by atoms with E-state index >= 15 is 0 Å². The molecule has 0 amide bonds. The molecule has 1 aliphatic heterocycles. The van der Waals surface area contributed by atoms with Crippen LogP contribution in [0.2, 0.25) is 0 Å². The Morgan fingerprint density at radius 3 is 1.89 bits per heavy atom. The van der Waals surface area contributed by atoms with Crippen molar-refractivity contribution in [2.45, 2.75) is 38.3 Å². The second kappa shape index (κ2) is 11.8. The van der Waals surface area contributed by atoms with E-state index < -0.39 is 0 Å². The van der Waals surface area contributed by atoms with E-state index in [9.17, 15) is 13.6 Å². The molecule has 0 unspecified atom stereocenters. The molecule has 4 aromatic rings. The summed E-state index contributed by atoms with van der Waals surface area (Å²) in [6, 6.07) is 21.1. The van der Waals surface area contributed by atoms with Crippen molar-refractivity contribution in [3.05, 3.63) is 106 Å². The molecule has 1 fully saturated rings. The minimum atomic E-state index is -0.250. The number of halogens is 2. The third kappa shape index (κ3) is 6.17. The maximum absolute atomic E-state index is 13.6. The highest BCUT2D eigenvalue weighted by Gasteiger charge is 2.26. The summed E-state index contributed by atoms with van der Waals surface area (Å²) in [4.78, 5) is 20.1. The number of unbranched alkanes of at least 4 members (excludes halogenated alkanes) is 3. The third-order valence-electron chi connectivity index (χ3n) is 7.43. The van der Waals surface area contributed by atoms with Crippen LogP contribution in [0.4, 0.5) is 8.78 Å². The van der Waals surface area contributed by atoms with Crippen molar-refractivity contribution in [3.63, 3.8) is 0 Å². The number of aromatic nitrogens is 2. The first-order valence-electron chi connectivity index (χ1n) is 13.2. The summed E-state index contributed by atoms with van der Waals surface area (Å²) in [5.74, 6) is -0.500. The molecule has 0 radical (unpaired) electrons. The van der Waals surface area contributed by atoms with Crippen molar-refractivity contribution >= 4 is 11.0 Å². The van der Waals surface area contributed by atoms with Crippen LogP contribution in [0, 0.1) is 11.6 Å². The number of aromatic amines is 1. The molecule has 0 atom stereocenters. The molecule has 0 saturated carbocycles. The summed E-state index contributed by atoms with van der Waals surface area (Å²) in [6.07, 6.45) is 4.38. The fourth-order valence-corrected chi connectivity index (χ4v) is 5.44. The zero-order chi connectivity index (χ0) is 25.6. The van der Waals surface area contributed by atoms with E-state index in [1.54, 1.807) is 0 Å². The number of hydrogen-bond acceptors (Lipinski definition) is 3. The van der Waals surface area contributed by atoms with E-state index in [1.165, 1.54) is 24.3 Å². The summed E-state index contributed by atoms with van der Waals surface area (Å²) in [6.45, 7) is 5.58. The zero-order valence-corrected chi connectivity index (χ0v) is 21.1. The van der Waals surface area contributed by atoms with Gasteiger partial charge in [0.1, 0.15) is 11.6 Å². The molecule has 1 saturated heterocycles. The van der Waals surface area contributed by atoms with E-state index in [0.29, 0.717) is 0 Å². The third-order valence-corrected chi connectivity index (χ3v) is 7.43. The molecule has 37 heavy (non-hydrogen) atoms. The van der Waals surface area contributed by atoms with Crippen LogP contribution >= 0.6 is 0 Å². The quantitative estimate of drug-likeness (QED) is 0.287. The molecule has 1 N–H and O–H groups in total. The number of nitrogens with zero attached hydrogens (tertiary/aromatic N) is 3. The Kier molecular flexibility index (Phi) is 8.12. The van der Waals surface area contributed by atoms with Gasteiger partial charge in [-0.05, 0) is 66.9 Å². The predicted octanol–water partition coefficient (Wildman–Crippen LogP) is 5.58. The molecule has 5 nitrogen and oxygen atoms in total. The van der Waals surface area contributed by atoms with Crippen molar-refractivity contribution in [1.29, 1.82) is 0 Å². The number of imidazole rings is 1. The molecular formula is C30H34F2N4O. The Bertz CT molecular complexity index is 1290. The van der Waals surface area contributed by atoms with Crippen LogP contribution in [0.25, 0.3) is 11.0 Å². The summed E-state index contributed by atoms with van der Waals surface area (Å²) in [5.41, 5.74) is 3.89. The van der Waals surface area contributed by atoms with Gasteiger partial charge >= 0.3 is 5.69 Å². The minimum absolute atomic E-state index is 0.0173. The van der Waals surface area contributed by atoms with Gasteiger partial charge in [0, 0.05) is 32.7 Å². The minimum Gasteiger partial charge on any atom is -0.306 e. The maximum Gasteiger partial charge on any atom is 0.326 e. The van der Waals surface area contributed by atoms with Crippen LogP contribution in [-0.2, 0) is 6.54 Å². The van der Waals surface area contributed by atoms with Crippen LogP contribution < -0.4 is 5.69 Å². The standard InChI is InChI=1S/C30H34F2N4O/c31-25-13-9-23(10-14-25)29(24-11-15-26(32)16-12-24)35-21-19-34(20-22-35)17-5-1-2-6-18-36-28-8-4-3-7-27(28)33-30(36)37/h3-4,7-16,29H,1-2,5-6,17-22H2,(H,33,37). The lowest BCUT2D eigenvalue weighted by Crippen LogP contribution is -2.48. The van der Waals surface area contributed by atoms with Gasteiger partial charge in [0.2, 0.25) is 0 Å². The van der Waals surface area contributed by atoms with Gasteiger partial charge in [-0.2, -0.15) is 0 Å². The van der Waals surface area contributed by atoms with Crippen molar-refractivity contribution in [2.24, 2.45) is 0 Å². The van der Waals surface area contributed by atoms with Gasteiger partial charge in [-0.3, -0.25) is 9.47 Å². The van der Waals surface area contributed by atoms with Crippen LogP contribution in [-0.4, -0.2) is 52.1 Å². The van der Waals surface area contributed by atoms with Gasteiger partial charge in [-0.15, -0.1) is 0 Å². The van der Waals surface area contributed by atoms with Crippen molar-refractivity contribution in [2.75, 3.05) is 32.7 Å². The lowest BCUT2D eigenvalue weighted by Gasteiger charge is -2.40. The number of piperazine rings is 1. The molecular weight excluding hydrogens is 470 g/mol. The van der Waals surface area contributed by atoms with Gasteiger partial charge in [-0.25, -0.2) is 13.6 Å². The SMILES string of the molecule is O=c1[nH]c2ccccc2n1CCCCCCN1CCN(C(c2ccc(F)cc2)c2ccc(F)cc2)CC1. The van der Waals surface area contributed by atoms with Gasteiger partial charge in [-0.1, -0.05) is 49.2 Å². The number of benzene rings is 3. The number of hydrogen-bond donors (Lipinski definition) is 1. The molecule has 1 aromatic heterocycles. The lowest BCUT2D eigenvalue weighted by atomic mass is 9.96. The van der Waals surface area contributed by atoms with Gasteiger partial charge in [0.25, 0.3) is 0 Å². The molecule has 1 aliphatic rings. The number of H-pyrrole nitrogens is 1. The van der Waals surface area contributed by atoms with E-state index in [1.807, 2.05) is 53.1 Å². The molecule has 5 rings (SSSR count). The molecule has 0 aliphatic carbocycles. The van der Waals surface area contributed by atoms with E-state index in [-0.39, 0.29) is 23.4 Å². The summed E-state index contributed by atoms with van der Waals surface area (Å²) >= 11 is 0. The Labute approximate surface area is 216 Å². The second-order valence-corrected chi connectivity index (χ2v) is 9.90. The van der Waals surface area contributed by atoms with Crippen LogP contribution in [0.5, 0.6) is 0 Å². The number of aryl methyl sites for hydroxylation is 1. The average molecular weight is 505 g/mol. The normalized spacial score (nSPS) is 15.1. The molecule has 0 spiro atoms. The summed E-state index contributed by atoms with van der Waals surface area (Å²) in [5, 5.41) is 0. The van der Waals surface area contributed by atoms with Crippen LogP contribution in [0.1, 0.15) is 42.9 Å². The molecule has 0 bridgehead atoms. The first kappa shape index (κ1) is 25.4. The number of fused-ring (bicyclic) bond motifs is 1. The Balaban J connectivity index is 1.09. The average Bonchev–Trinajstić information content (AvgIpc) is 3.24. The second-order valence-electron chi connectivity index (χ2n) is 9.90. The van der Waals surface area contributed by atoms with Gasteiger partial charge in [0.05, 0.1) is 17.1 Å². The number of rotatable bonds is 10. The van der Waals surface area contributed by atoms with Crippen molar-refractivity contribution in [1.82, 2.24) is 19.4 Å². The Morgan fingerprint density at radius 1 is 0.703 bits per heavy atom. The summed E-state index contributed by atoms with van der Waals surface area (Å²) in [7, 11) is 0. The van der Waals surface area contributed by atoms with Crippen molar-refractivity contribution in [3.8, 4) is 0 Å². The number of nitrogens with one attached hydrogen (secondary N) is 1. The van der Waals surface area contributed by atoms with E-state index in [0.717, 1.165) is 87.1 Å². The van der Waals surface area contributed by atoms with Crippen molar-refractivity contribution < 1.29 is 8.78 Å². The maximum atomic E-state index is 13.6. The lowest BCUT2D eigenvalue weighted by molar-refractivity contribution is 0.108. The highest BCUT2D eigenvalue weighted by Crippen LogP contribution is 2.30. The molecule has 7 heteroatoms. The van der Waals surface area contributed by atoms with E-state index in [4.69, 9.17) is 0 Å². The summed E-state index contributed by atoms with van der Waals surface area (Å²) < 4.78 is 29.0. The Hall–Kier alpha value is -3.29. The number of para-hydroxylation sites is 2. The smallest absolute Gasteiger partial charge is 0.306 e. The fraction of sp³-hybridized carbons (Fsp3) is 0.367. The highest BCUT2D eigenvalue weighted by molar-refractivity contribution is 5.74. The molecule has 2 heterocycles. The highest BCUT2D eigenvalue weighted by atomic mass is 19.1. The monoisotopic (exact) mass is 504 g/mol.